The summed E-state index contributed by atoms with van der Waals surface area (Å²) in [6.07, 6.45) is 7.97. The zero-order valence-electron chi connectivity index (χ0n) is 33.5. The fraction of sp³-hybridized carbons (Fsp3) is 0.304. The number of nitrogens with one attached hydrogen (secondary N) is 3. The smallest absolute Gasteiger partial charge is 0.355 e. The summed E-state index contributed by atoms with van der Waals surface area (Å²) >= 11 is 0. The maximum atomic E-state index is 13.4. The minimum Gasteiger partial charge on any atom is -0.463 e. The Balaban J connectivity index is 1.56. The topological polar surface area (TPSA) is 153 Å². The van der Waals surface area contributed by atoms with Gasteiger partial charge in [0.1, 0.15) is 24.6 Å². The predicted octanol–water partition coefficient (Wildman–Crippen LogP) is 8.46. The van der Waals surface area contributed by atoms with Crippen molar-refractivity contribution in [2.75, 3.05) is 13.2 Å². The van der Waals surface area contributed by atoms with Crippen LogP contribution in [0.1, 0.15) is 116 Å². The summed E-state index contributed by atoms with van der Waals surface area (Å²) in [6, 6.07) is 19.0. The van der Waals surface area contributed by atoms with Gasteiger partial charge in [-0.25, -0.2) is 19.2 Å². The van der Waals surface area contributed by atoms with Crippen LogP contribution in [0.15, 0.2) is 72.8 Å². The van der Waals surface area contributed by atoms with Crippen LogP contribution in [0.2, 0.25) is 0 Å². The van der Waals surface area contributed by atoms with E-state index in [0.717, 1.165) is 56.2 Å². The largest absolute Gasteiger partial charge is 0.463 e. The van der Waals surface area contributed by atoms with Gasteiger partial charge < -0.3 is 33.9 Å². The lowest BCUT2D eigenvalue weighted by Gasteiger charge is -2.05. The molecule has 11 nitrogen and oxygen atoms in total. The van der Waals surface area contributed by atoms with E-state index >= 15 is 0 Å². The van der Waals surface area contributed by atoms with Crippen LogP contribution in [0, 0.1) is 13.8 Å². The number of aromatic amines is 3. The molecule has 298 valence electrons. The number of benzene rings is 2. The summed E-state index contributed by atoms with van der Waals surface area (Å²) in [7, 11) is 0. The van der Waals surface area contributed by atoms with Crippen molar-refractivity contribution in [3.63, 3.8) is 0 Å². The first-order chi connectivity index (χ1) is 27.6. The first-order valence-corrected chi connectivity index (χ1v) is 19.3. The third kappa shape index (κ3) is 10.5. The van der Waals surface area contributed by atoms with Gasteiger partial charge in [-0.2, -0.15) is 0 Å². The zero-order chi connectivity index (χ0) is 40.9. The Morgan fingerprint density at radius 2 is 0.912 bits per heavy atom. The van der Waals surface area contributed by atoms with Crippen LogP contribution in [-0.4, -0.2) is 52.0 Å². The van der Waals surface area contributed by atoms with Crippen LogP contribution in [0.4, 0.5) is 0 Å². The van der Waals surface area contributed by atoms with Crippen LogP contribution < -0.4 is 0 Å². The van der Waals surface area contributed by atoms with Gasteiger partial charge in [-0.05, 0) is 86.1 Å². The summed E-state index contributed by atoms with van der Waals surface area (Å²) in [5.74, 6) is -1.96. The van der Waals surface area contributed by atoms with Gasteiger partial charge in [0.05, 0.1) is 13.2 Å². The number of esters is 4. The molecule has 3 heterocycles. The minimum atomic E-state index is -0.521. The molecule has 0 radical (unpaired) electrons. The van der Waals surface area contributed by atoms with E-state index in [1.165, 1.54) is 12.2 Å². The molecule has 0 spiro atoms. The summed E-state index contributed by atoms with van der Waals surface area (Å²) in [4.78, 5) is 62.3. The van der Waals surface area contributed by atoms with Gasteiger partial charge in [-0.15, -0.1) is 0 Å². The van der Waals surface area contributed by atoms with Gasteiger partial charge in [-0.3, -0.25) is 0 Å². The minimum absolute atomic E-state index is 0.137. The standard InChI is InChI=1S/C46H51N3O8/c1-7-33-29(5)43(45(52)56-27-31-17-13-11-14-18-31)48-37(33)25-39-35(21-23-41(50)54-9-3)36(22-24-42(51)55-10-4)40(47-39)26-38-34(8-2)30(6)44(49-38)46(53)57-28-32-19-15-12-16-20-32/h11-24,47-49H,7-10,25-28H2,1-6H3/b23-21+,24-22+. The van der Waals surface area contributed by atoms with Gasteiger partial charge in [0.2, 0.25) is 0 Å². The molecular weight excluding hydrogens is 723 g/mol. The third-order valence-electron chi connectivity index (χ3n) is 9.77. The molecule has 0 aliphatic rings. The number of hydrogen-bond donors (Lipinski definition) is 3. The van der Waals surface area contributed by atoms with E-state index < -0.39 is 23.9 Å². The molecule has 0 saturated heterocycles. The quantitative estimate of drug-likeness (QED) is 0.0456. The van der Waals surface area contributed by atoms with Gasteiger partial charge in [0, 0.05) is 58.9 Å². The average molecular weight is 774 g/mol. The second-order valence-corrected chi connectivity index (χ2v) is 13.4. The number of ether oxygens (including phenoxy) is 4. The molecule has 11 heteroatoms. The number of aromatic nitrogens is 3. The van der Waals surface area contributed by atoms with E-state index in [1.54, 1.807) is 26.0 Å². The first-order valence-electron chi connectivity index (χ1n) is 19.3. The molecule has 5 aromatic rings. The fourth-order valence-electron chi connectivity index (χ4n) is 6.99. The van der Waals surface area contributed by atoms with Crippen LogP contribution in [0.5, 0.6) is 0 Å². The summed E-state index contributed by atoms with van der Waals surface area (Å²) in [5.41, 5.74) is 10.4. The lowest BCUT2D eigenvalue weighted by molar-refractivity contribution is -0.138. The van der Waals surface area contributed by atoms with Gasteiger partial charge in [-0.1, -0.05) is 74.5 Å². The molecule has 3 aromatic heterocycles. The van der Waals surface area contributed by atoms with Crippen molar-refractivity contribution in [3.8, 4) is 0 Å². The number of rotatable bonds is 18. The Kier molecular flexibility index (Phi) is 14.7. The Hall–Kier alpha value is -6.36. The van der Waals surface area contributed by atoms with Crippen LogP contribution in [0.3, 0.4) is 0 Å². The molecule has 0 saturated carbocycles. The molecule has 0 atom stereocenters. The second-order valence-electron chi connectivity index (χ2n) is 13.4. The molecule has 0 aliphatic carbocycles. The molecular formula is C46H51N3O8. The van der Waals surface area contributed by atoms with Crippen LogP contribution >= 0.6 is 0 Å². The number of hydrogen-bond acceptors (Lipinski definition) is 8. The number of carbonyl (C=O) groups is 4. The lowest BCUT2D eigenvalue weighted by atomic mass is 9.99. The van der Waals surface area contributed by atoms with Crippen molar-refractivity contribution in [2.24, 2.45) is 0 Å². The van der Waals surface area contributed by atoms with Gasteiger partial charge in [0.25, 0.3) is 0 Å². The van der Waals surface area contributed by atoms with E-state index in [9.17, 15) is 19.2 Å². The molecule has 2 aromatic carbocycles. The Morgan fingerprint density at radius 3 is 1.26 bits per heavy atom. The van der Waals surface area contributed by atoms with Crippen molar-refractivity contribution >= 4 is 36.0 Å². The Morgan fingerprint density at radius 1 is 0.526 bits per heavy atom. The molecule has 0 amide bonds. The number of H-pyrrole nitrogens is 3. The normalized spacial score (nSPS) is 11.3. The number of carbonyl (C=O) groups excluding carboxylic acids is 4. The zero-order valence-corrected chi connectivity index (χ0v) is 33.5. The van der Waals surface area contributed by atoms with E-state index in [0.29, 0.717) is 48.2 Å². The molecule has 5 rings (SSSR count). The maximum absolute atomic E-state index is 13.4. The summed E-state index contributed by atoms with van der Waals surface area (Å²) < 4.78 is 21.8. The molecule has 57 heavy (non-hydrogen) atoms. The third-order valence-corrected chi connectivity index (χ3v) is 9.77. The highest BCUT2D eigenvalue weighted by molar-refractivity contribution is 5.92. The van der Waals surface area contributed by atoms with E-state index in [4.69, 9.17) is 18.9 Å². The van der Waals surface area contributed by atoms with E-state index in [1.807, 2.05) is 88.4 Å². The van der Waals surface area contributed by atoms with Crippen molar-refractivity contribution in [1.29, 1.82) is 0 Å². The van der Waals surface area contributed by atoms with E-state index in [-0.39, 0.29) is 26.4 Å². The SMILES string of the molecule is CCOC(=O)/C=C/c1c(Cc2[nH]c(C(=O)OCc3ccccc3)c(C)c2CC)[nH]c(Cc2[nH]c(C(=O)OCc3ccccc3)c(C)c2CC)c1/C=C/C(=O)OCC. The predicted molar refractivity (Wildman–Crippen MR) is 219 cm³/mol. The molecule has 3 N–H and O–H groups in total. The molecule has 0 bridgehead atoms. The first kappa shape index (κ1) is 41.8. The highest BCUT2D eigenvalue weighted by Crippen LogP contribution is 2.31. The van der Waals surface area contributed by atoms with Crippen molar-refractivity contribution in [1.82, 2.24) is 15.0 Å². The van der Waals surface area contributed by atoms with Gasteiger partial charge in [0.15, 0.2) is 0 Å². The molecule has 0 unspecified atom stereocenters. The molecule has 0 fully saturated rings. The highest BCUT2D eigenvalue weighted by atomic mass is 16.5. The maximum Gasteiger partial charge on any atom is 0.355 e. The van der Waals surface area contributed by atoms with Crippen molar-refractivity contribution in [3.05, 3.63) is 151 Å². The lowest BCUT2D eigenvalue weighted by Crippen LogP contribution is -2.07. The van der Waals surface area contributed by atoms with Crippen molar-refractivity contribution < 1.29 is 38.1 Å². The monoisotopic (exact) mass is 773 g/mol. The Labute approximate surface area is 333 Å². The van der Waals surface area contributed by atoms with Crippen LogP contribution in [0.25, 0.3) is 12.2 Å². The summed E-state index contributed by atoms with van der Waals surface area (Å²) in [6.45, 7) is 12.0. The summed E-state index contributed by atoms with van der Waals surface area (Å²) in [5, 5.41) is 0. The van der Waals surface area contributed by atoms with E-state index in [2.05, 4.69) is 15.0 Å². The van der Waals surface area contributed by atoms with Crippen molar-refractivity contribution in [2.45, 2.75) is 80.4 Å². The van der Waals surface area contributed by atoms with Crippen LogP contribution in [-0.2, 0) is 67.4 Å². The Bertz CT molecular complexity index is 2080. The molecule has 0 aliphatic heterocycles. The van der Waals surface area contributed by atoms with Gasteiger partial charge >= 0.3 is 23.9 Å². The second kappa shape index (κ2) is 20.0. The fourth-order valence-corrected chi connectivity index (χ4v) is 6.99. The highest BCUT2D eigenvalue weighted by Gasteiger charge is 2.25. The average Bonchev–Trinajstić information content (AvgIpc) is 3.83.